The topological polar surface area (TPSA) is 46.2 Å². The molecule has 0 heterocycles. The SMILES string of the molecule is CCCC(N)CCO.Cc1ccccc1. The molecule has 0 fully saturated rings. The summed E-state index contributed by atoms with van der Waals surface area (Å²) in [5, 5.41) is 8.38. The van der Waals surface area contributed by atoms with E-state index < -0.39 is 0 Å². The van der Waals surface area contributed by atoms with Gasteiger partial charge in [-0.05, 0) is 19.8 Å². The Morgan fingerprint density at radius 3 is 2.13 bits per heavy atom. The molecule has 1 aromatic rings. The van der Waals surface area contributed by atoms with E-state index in [1.54, 1.807) is 0 Å². The van der Waals surface area contributed by atoms with E-state index in [-0.39, 0.29) is 12.6 Å². The third kappa shape index (κ3) is 9.44. The van der Waals surface area contributed by atoms with Crippen molar-refractivity contribution >= 4 is 0 Å². The maximum absolute atomic E-state index is 8.38. The van der Waals surface area contributed by atoms with Crippen LogP contribution in [0.15, 0.2) is 30.3 Å². The zero-order chi connectivity index (χ0) is 11.5. The van der Waals surface area contributed by atoms with E-state index in [1.807, 2.05) is 18.2 Å². The fourth-order valence-corrected chi connectivity index (χ4v) is 1.22. The van der Waals surface area contributed by atoms with Crippen LogP contribution in [0.1, 0.15) is 31.7 Å². The molecular formula is C13H23NO. The van der Waals surface area contributed by atoms with Crippen molar-refractivity contribution in [1.29, 1.82) is 0 Å². The number of aryl methyl sites for hydroxylation is 1. The summed E-state index contributed by atoms with van der Waals surface area (Å²) in [7, 11) is 0. The lowest BCUT2D eigenvalue weighted by atomic mass is 10.1. The Kier molecular flexibility index (Phi) is 9.13. The van der Waals surface area contributed by atoms with Crippen LogP contribution in [0.5, 0.6) is 0 Å². The van der Waals surface area contributed by atoms with Crippen LogP contribution in [-0.2, 0) is 0 Å². The van der Waals surface area contributed by atoms with Crippen molar-refractivity contribution < 1.29 is 5.11 Å². The number of nitrogens with two attached hydrogens (primary N) is 1. The first-order valence-electron chi connectivity index (χ1n) is 5.58. The molecule has 2 nitrogen and oxygen atoms in total. The number of hydrogen-bond acceptors (Lipinski definition) is 2. The molecule has 0 radical (unpaired) electrons. The van der Waals surface area contributed by atoms with Crippen LogP contribution in [0.3, 0.4) is 0 Å². The summed E-state index contributed by atoms with van der Waals surface area (Å²) in [6.45, 7) is 4.40. The van der Waals surface area contributed by atoms with Crippen LogP contribution in [0, 0.1) is 6.92 Å². The molecule has 86 valence electrons. The van der Waals surface area contributed by atoms with Gasteiger partial charge in [0.15, 0.2) is 0 Å². The van der Waals surface area contributed by atoms with Crippen LogP contribution in [0.2, 0.25) is 0 Å². The lowest BCUT2D eigenvalue weighted by molar-refractivity contribution is 0.273. The Labute approximate surface area is 93.1 Å². The predicted molar refractivity (Wildman–Crippen MR) is 65.8 cm³/mol. The van der Waals surface area contributed by atoms with E-state index in [2.05, 4.69) is 26.0 Å². The van der Waals surface area contributed by atoms with E-state index in [9.17, 15) is 0 Å². The van der Waals surface area contributed by atoms with Gasteiger partial charge in [0.1, 0.15) is 0 Å². The van der Waals surface area contributed by atoms with Crippen LogP contribution >= 0.6 is 0 Å². The third-order valence-corrected chi connectivity index (χ3v) is 2.10. The molecule has 0 aliphatic heterocycles. The van der Waals surface area contributed by atoms with Crippen molar-refractivity contribution in [3.8, 4) is 0 Å². The Balaban J connectivity index is 0.000000262. The quantitative estimate of drug-likeness (QED) is 0.800. The Hall–Kier alpha value is -0.860. The second kappa shape index (κ2) is 9.69. The van der Waals surface area contributed by atoms with Crippen molar-refractivity contribution in [3.05, 3.63) is 35.9 Å². The van der Waals surface area contributed by atoms with Gasteiger partial charge < -0.3 is 10.8 Å². The highest BCUT2D eigenvalue weighted by atomic mass is 16.3. The average molecular weight is 209 g/mol. The maximum Gasteiger partial charge on any atom is 0.0445 e. The van der Waals surface area contributed by atoms with Gasteiger partial charge in [0.25, 0.3) is 0 Å². The molecule has 1 unspecified atom stereocenters. The molecule has 0 aliphatic carbocycles. The molecule has 1 atom stereocenters. The normalized spacial score (nSPS) is 11.5. The number of rotatable bonds is 4. The summed E-state index contributed by atoms with van der Waals surface area (Å²) in [6.07, 6.45) is 2.88. The zero-order valence-corrected chi connectivity index (χ0v) is 9.82. The molecular weight excluding hydrogens is 186 g/mol. The van der Waals surface area contributed by atoms with Crippen molar-refractivity contribution in [2.75, 3.05) is 6.61 Å². The Morgan fingerprint density at radius 2 is 1.80 bits per heavy atom. The van der Waals surface area contributed by atoms with Crippen LogP contribution in [-0.4, -0.2) is 17.8 Å². The number of aliphatic hydroxyl groups is 1. The largest absolute Gasteiger partial charge is 0.396 e. The Bertz CT molecular complexity index is 217. The van der Waals surface area contributed by atoms with E-state index in [1.165, 1.54) is 5.56 Å². The first kappa shape index (κ1) is 14.1. The minimum absolute atomic E-state index is 0.213. The Morgan fingerprint density at radius 1 is 1.20 bits per heavy atom. The summed E-state index contributed by atoms with van der Waals surface area (Å²) in [6, 6.07) is 10.5. The van der Waals surface area contributed by atoms with Crippen molar-refractivity contribution in [2.24, 2.45) is 5.73 Å². The number of aliphatic hydroxyl groups excluding tert-OH is 1. The van der Waals surface area contributed by atoms with Crippen LogP contribution in [0.25, 0.3) is 0 Å². The minimum atomic E-state index is 0.213. The van der Waals surface area contributed by atoms with Crippen molar-refractivity contribution in [2.45, 2.75) is 39.2 Å². The first-order chi connectivity index (χ1) is 7.20. The van der Waals surface area contributed by atoms with E-state index in [0.29, 0.717) is 0 Å². The minimum Gasteiger partial charge on any atom is -0.396 e. The second-order valence-corrected chi connectivity index (χ2v) is 3.72. The first-order valence-corrected chi connectivity index (χ1v) is 5.58. The molecule has 0 spiro atoms. The summed E-state index contributed by atoms with van der Waals surface area (Å²) in [5.74, 6) is 0. The van der Waals surface area contributed by atoms with E-state index in [4.69, 9.17) is 10.8 Å². The van der Waals surface area contributed by atoms with Crippen LogP contribution < -0.4 is 5.73 Å². The molecule has 0 amide bonds. The molecule has 3 N–H and O–H groups in total. The fraction of sp³-hybridized carbons (Fsp3) is 0.538. The summed E-state index contributed by atoms with van der Waals surface area (Å²) in [4.78, 5) is 0. The van der Waals surface area contributed by atoms with Crippen molar-refractivity contribution in [1.82, 2.24) is 0 Å². The summed E-state index contributed by atoms with van der Waals surface area (Å²) < 4.78 is 0. The number of hydrogen-bond donors (Lipinski definition) is 2. The van der Waals surface area contributed by atoms with Crippen LogP contribution in [0.4, 0.5) is 0 Å². The lowest BCUT2D eigenvalue weighted by Crippen LogP contribution is -2.20. The van der Waals surface area contributed by atoms with E-state index in [0.717, 1.165) is 19.3 Å². The van der Waals surface area contributed by atoms with Gasteiger partial charge in [0, 0.05) is 12.6 Å². The standard InChI is InChI=1S/C7H8.C6H15NO/c1-7-5-3-2-4-6-7;1-2-3-6(7)4-5-8/h2-6H,1H3;6,8H,2-5,7H2,1H3. The zero-order valence-electron chi connectivity index (χ0n) is 9.82. The predicted octanol–water partition coefficient (Wildman–Crippen LogP) is 2.49. The molecule has 0 aliphatic rings. The van der Waals surface area contributed by atoms with Gasteiger partial charge in [0.05, 0.1) is 0 Å². The van der Waals surface area contributed by atoms with Crippen molar-refractivity contribution in [3.63, 3.8) is 0 Å². The smallest absolute Gasteiger partial charge is 0.0445 e. The fourth-order valence-electron chi connectivity index (χ4n) is 1.22. The summed E-state index contributed by atoms with van der Waals surface area (Å²) in [5.41, 5.74) is 6.86. The molecule has 0 saturated heterocycles. The van der Waals surface area contributed by atoms with Gasteiger partial charge in [-0.15, -0.1) is 0 Å². The monoisotopic (exact) mass is 209 g/mol. The molecule has 0 bridgehead atoms. The van der Waals surface area contributed by atoms with Gasteiger partial charge >= 0.3 is 0 Å². The van der Waals surface area contributed by atoms with Gasteiger partial charge in [-0.25, -0.2) is 0 Å². The highest BCUT2D eigenvalue weighted by Gasteiger charge is 1.96. The lowest BCUT2D eigenvalue weighted by Gasteiger charge is -2.05. The molecule has 15 heavy (non-hydrogen) atoms. The molecule has 1 aromatic carbocycles. The van der Waals surface area contributed by atoms with Gasteiger partial charge in [0.2, 0.25) is 0 Å². The molecule has 2 heteroatoms. The molecule has 0 aromatic heterocycles. The third-order valence-electron chi connectivity index (χ3n) is 2.10. The highest BCUT2D eigenvalue weighted by Crippen LogP contribution is 1.95. The van der Waals surface area contributed by atoms with Gasteiger partial charge in [-0.2, -0.15) is 0 Å². The highest BCUT2D eigenvalue weighted by molar-refractivity contribution is 5.11. The summed E-state index contributed by atoms with van der Waals surface area (Å²) >= 11 is 0. The van der Waals surface area contributed by atoms with E-state index >= 15 is 0 Å². The number of benzene rings is 1. The second-order valence-electron chi connectivity index (χ2n) is 3.72. The van der Waals surface area contributed by atoms with Gasteiger partial charge in [-0.1, -0.05) is 49.2 Å². The average Bonchev–Trinajstić information content (AvgIpc) is 2.20. The molecule has 1 rings (SSSR count). The van der Waals surface area contributed by atoms with Gasteiger partial charge in [-0.3, -0.25) is 0 Å². The maximum atomic E-state index is 8.38. The molecule has 0 saturated carbocycles.